The van der Waals surface area contributed by atoms with Crippen molar-refractivity contribution in [1.29, 1.82) is 0 Å². The number of methoxy groups -OCH3 is 2. The van der Waals surface area contributed by atoms with Crippen LogP contribution in [0.5, 0.6) is 11.5 Å². The molecule has 0 aliphatic carbocycles. The normalized spacial score (nSPS) is 17.2. The first-order valence-corrected chi connectivity index (χ1v) is 7.96. The van der Waals surface area contributed by atoms with E-state index in [4.69, 9.17) is 15.2 Å². The Hall–Kier alpha value is -2.53. The van der Waals surface area contributed by atoms with Crippen LogP contribution >= 0.6 is 0 Å². The molecule has 0 radical (unpaired) electrons. The third-order valence-electron chi connectivity index (χ3n) is 4.45. The molecule has 2 aromatic rings. The molecule has 24 heavy (non-hydrogen) atoms. The van der Waals surface area contributed by atoms with Crippen LogP contribution in [0.15, 0.2) is 42.5 Å². The Labute approximate surface area is 142 Å². The largest absolute Gasteiger partial charge is 0.493 e. The molecule has 1 aliphatic rings. The second-order valence-electron chi connectivity index (χ2n) is 5.91. The zero-order chi connectivity index (χ0) is 17.1. The fourth-order valence-electron chi connectivity index (χ4n) is 3.39. The standard InChI is InChI=1S/C19H22N2O3/c1-23-16-10-14-8-9-21(12-18(20)22)19(13-6-4-3-5-7-13)15(14)11-17(16)24-2/h3-7,10-11,19H,8-9,12H2,1-2H3,(H2,20,22)/t19-/m0/s1. The number of carbonyl (C=O) groups is 1. The van der Waals surface area contributed by atoms with Gasteiger partial charge in [0.25, 0.3) is 0 Å². The Morgan fingerprint density at radius 3 is 2.46 bits per heavy atom. The summed E-state index contributed by atoms with van der Waals surface area (Å²) in [7, 11) is 3.27. The fraction of sp³-hybridized carbons (Fsp3) is 0.316. The van der Waals surface area contributed by atoms with Crippen molar-refractivity contribution in [3.8, 4) is 11.5 Å². The monoisotopic (exact) mass is 326 g/mol. The second-order valence-corrected chi connectivity index (χ2v) is 5.91. The van der Waals surface area contributed by atoms with Gasteiger partial charge in [-0.2, -0.15) is 0 Å². The van der Waals surface area contributed by atoms with E-state index >= 15 is 0 Å². The van der Waals surface area contributed by atoms with E-state index in [-0.39, 0.29) is 18.5 Å². The lowest BCUT2D eigenvalue weighted by Gasteiger charge is -2.37. The van der Waals surface area contributed by atoms with Gasteiger partial charge in [0.2, 0.25) is 5.91 Å². The van der Waals surface area contributed by atoms with Crippen LogP contribution in [0.25, 0.3) is 0 Å². The lowest BCUT2D eigenvalue weighted by atomic mass is 9.87. The smallest absolute Gasteiger partial charge is 0.231 e. The quantitative estimate of drug-likeness (QED) is 0.914. The molecule has 5 nitrogen and oxygen atoms in total. The number of rotatable bonds is 5. The third kappa shape index (κ3) is 3.08. The highest BCUT2D eigenvalue weighted by Gasteiger charge is 2.30. The molecular weight excluding hydrogens is 304 g/mol. The molecule has 1 atom stereocenters. The Kier molecular flexibility index (Phi) is 4.71. The molecule has 0 unspecified atom stereocenters. The third-order valence-corrected chi connectivity index (χ3v) is 4.45. The van der Waals surface area contributed by atoms with Crippen LogP contribution in [0.3, 0.4) is 0 Å². The highest BCUT2D eigenvalue weighted by atomic mass is 16.5. The summed E-state index contributed by atoms with van der Waals surface area (Å²) in [6.07, 6.45) is 0.840. The van der Waals surface area contributed by atoms with Crippen molar-refractivity contribution < 1.29 is 14.3 Å². The van der Waals surface area contributed by atoms with Gasteiger partial charge in [0.05, 0.1) is 26.8 Å². The molecule has 5 heteroatoms. The number of hydrogen-bond acceptors (Lipinski definition) is 4. The average molecular weight is 326 g/mol. The van der Waals surface area contributed by atoms with Gasteiger partial charge in [0, 0.05) is 6.54 Å². The Morgan fingerprint density at radius 2 is 1.83 bits per heavy atom. The Bertz CT molecular complexity index is 731. The van der Waals surface area contributed by atoms with Crippen molar-refractivity contribution in [2.24, 2.45) is 5.73 Å². The maximum Gasteiger partial charge on any atom is 0.231 e. The predicted molar refractivity (Wildman–Crippen MR) is 92.3 cm³/mol. The Balaban J connectivity index is 2.12. The summed E-state index contributed by atoms with van der Waals surface area (Å²) in [5.74, 6) is 1.10. The van der Waals surface area contributed by atoms with E-state index in [0.29, 0.717) is 5.75 Å². The fourth-order valence-corrected chi connectivity index (χ4v) is 3.39. The summed E-state index contributed by atoms with van der Waals surface area (Å²) in [5.41, 5.74) is 8.93. The number of ether oxygens (including phenoxy) is 2. The number of carbonyl (C=O) groups excluding carboxylic acids is 1. The van der Waals surface area contributed by atoms with Crippen LogP contribution in [0.1, 0.15) is 22.7 Å². The van der Waals surface area contributed by atoms with Crippen molar-refractivity contribution in [1.82, 2.24) is 4.90 Å². The molecule has 1 aliphatic heterocycles. The van der Waals surface area contributed by atoms with Crippen molar-refractivity contribution in [3.05, 3.63) is 59.2 Å². The molecule has 3 rings (SSSR count). The molecule has 0 saturated heterocycles. The average Bonchev–Trinajstić information content (AvgIpc) is 2.60. The number of nitrogens with two attached hydrogens (primary N) is 1. The summed E-state index contributed by atoms with van der Waals surface area (Å²) in [6, 6.07) is 14.2. The van der Waals surface area contributed by atoms with Gasteiger partial charge in [-0.1, -0.05) is 30.3 Å². The number of amides is 1. The first kappa shape index (κ1) is 16.3. The molecule has 0 saturated carbocycles. The molecule has 2 N–H and O–H groups in total. The summed E-state index contributed by atoms with van der Waals surface area (Å²) < 4.78 is 10.9. The summed E-state index contributed by atoms with van der Waals surface area (Å²) in [5, 5.41) is 0. The van der Waals surface area contributed by atoms with Crippen LogP contribution < -0.4 is 15.2 Å². The van der Waals surface area contributed by atoms with Crippen molar-refractivity contribution in [3.63, 3.8) is 0 Å². The Morgan fingerprint density at radius 1 is 1.17 bits per heavy atom. The summed E-state index contributed by atoms with van der Waals surface area (Å²) in [4.78, 5) is 13.6. The van der Waals surface area contributed by atoms with Crippen LogP contribution in [0.2, 0.25) is 0 Å². The molecule has 0 aromatic heterocycles. The molecular formula is C19H22N2O3. The maximum absolute atomic E-state index is 11.5. The summed E-state index contributed by atoms with van der Waals surface area (Å²) in [6.45, 7) is 0.998. The SMILES string of the molecule is COc1cc2c(cc1OC)[C@H](c1ccccc1)N(CC(N)=O)CC2. The minimum Gasteiger partial charge on any atom is -0.493 e. The highest BCUT2D eigenvalue weighted by molar-refractivity contribution is 5.76. The van der Waals surface area contributed by atoms with Gasteiger partial charge in [-0.25, -0.2) is 0 Å². The molecule has 0 bridgehead atoms. The van der Waals surface area contributed by atoms with Gasteiger partial charge in [-0.05, 0) is 35.2 Å². The van der Waals surface area contributed by atoms with E-state index in [0.717, 1.165) is 29.8 Å². The predicted octanol–water partition coefficient (Wildman–Crippen LogP) is 2.14. The number of nitrogens with zero attached hydrogens (tertiary/aromatic N) is 1. The number of benzene rings is 2. The molecule has 0 spiro atoms. The number of hydrogen-bond donors (Lipinski definition) is 1. The number of primary amides is 1. The van der Waals surface area contributed by atoms with Crippen molar-refractivity contribution in [2.75, 3.05) is 27.3 Å². The van der Waals surface area contributed by atoms with E-state index in [1.807, 2.05) is 30.3 Å². The van der Waals surface area contributed by atoms with Crippen molar-refractivity contribution >= 4 is 5.91 Å². The topological polar surface area (TPSA) is 64.8 Å². The van der Waals surface area contributed by atoms with Gasteiger partial charge in [0.1, 0.15) is 0 Å². The lowest BCUT2D eigenvalue weighted by Crippen LogP contribution is -2.41. The van der Waals surface area contributed by atoms with Gasteiger partial charge in [-0.3, -0.25) is 9.69 Å². The van der Waals surface area contributed by atoms with Gasteiger partial charge >= 0.3 is 0 Å². The van der Waals surface area contributed by atoms with E-state index < -0.39 is 0 Å². The summed E-state index contributed by atoms with van der Waals surface area (Å²) >= 11 is 0. The van der Waals surface area contributed by atoms with Crippen LogP contribution in [0, 0.1) is 0 Å². The zero-order valence-corrected chi connectivity index (χ0v) is 14.0. The lowest BCUT2D eigenvalue weighted by molar-refractivity contribution is -0.119. The van der Waals surface area contributed by atoms with Crippen LogP contribution in [-0.2, 0) is 11.2 Å². The first-order chi connectivity index (χ1) is 11.6. The maximum atomic E-state index is 11.5. The molecule has 2 aromatic carbocycles. The molecule has 1 heterocycles. The van der Waals surface area contributed by atoms with Gasteiger partial charge in [-0.15, -0.1) is 0 Å². The molecule has 126 valence electrons. The van der Waals surface area contributed by atoms with Gasteiger partial charge in [0.15, 0.2) is 11.5 Å². The zero-order valence-electron chi connectivity index (χ0n) is 14.0. The van der Waals surface area contributed by atoms with Crippen LogP contribution in [0.4, 0.5) is 0 Å². The van der Waals surface area contributed by atoms with E-state index in [2.05, 4.69) is 17.0 Å². The first-order valence-electron chi connectivity index (χ1n) is 7.96. The number of fused-ring (bicyclic) bond motifs is 1. The van der Waals surface area contributed by atoms with Crippen LogP contribution in [-0.4, -0.2) is 38.1 Å². The minimum atomic E-state index is -0.320. The second kappa shape index (κ2) is 6.93. The van der Waals surface area contributed by atoms with Gasteiger partial charge < -0.3 is 15.2 Å². The molecule has 1 amide bonds. The van der Waals surface area contributed by atoms with E-state index in [1.54, 1.807) is 14.2 Å². The molecule has 0 fully saturated rings. The minimum absolute atomic E-state index is 0.0257. The van der Waals surface area contributed by atoms with Crippen molar-refractivity contribution in [2.45, 2.75) is 12.5 Å². The highest BCUT2D eigenvalue weighted by Crippen LogP contribution is 2.40. The van der Waals surface area contributed by atoms with E-state index in [9.17, 15) is 4.79 Å². The van der Waals surface area contributed by atoms with E-state index in [1.165, 1.54) is 5.56 Å².